The molecule has 12 rings (SSSR count). The molecular formula is C88H147ClN12O13. The molecule has 12 fully saturated rings. The van der Waals surface area contributed by atoms with E-state index in [1.807, 2.05) is 55.4 Å². The Kier molecular flexibility index (Phi) is 29.8. The number of carboxylic acid groups (broad SMARTS) is 1. The van der Waals surface area contributed by atoms with Gasteiger partial charge in [0.15, 0.2) is 0 Å². The number of fused-ring (bicyclic) bond motifs is 2. The molecule has 4 saturated heterocycles. The number of likely N-dealkylation sites (tertiary alicyclic amines) is 4. The van der Waals surface area contributed by atoms with Crippen LogP contribution in [0.15, 0.2) is 0 Å². The molecule has 8 aliphatic carbocycles. The molecule has 12 aliphatic rings. The van der Waals surface area contributed by atoms with Gasteiger partial charge in [0, 0.05) is 61.2 Å². The minimum Gasteiger partial charge on any atom is -0.481 e. The van der Waals surface area contributed by atoms with E-state index in [0.717, 1.165) is 174 Å². The number of halogens is 1. The zero-order chi connectivity index (χ0) is 82.9. The molecule has 0 unspecified atom stereocenters. The van der Waals surface area contributed by atoms with Crippen LogP contribution in [-0.4, -0.2) is 207 Å². The fourth-order valence-electron chi connectivity index (χ4n) is 22.4. The van der Waals surface area contributed by atoms with Gasteiger partial charge in [-0.1, -0.05) is 147 Å². The summed E-state index contributed by atoms with van der Waals surface area (Å²) in [6.07, 6.45) is 26.2. The minimum atomic E-state index is -0.987. The highest BCUT2D eigenvalue weighted by molar-refractivity contribution is 6.39. The Balaban J connectivity index is 0.000000229. The summed E-state index contributed by atoms with van der Waals surface area (Å²) in [7, 11) is 0. The number of nitrogens with one attached hydrogen (secondary N) is 7. The molecule has 4 heterocycles. The van der Waals surface area contributed by atoms with Gasteiger partial charge < -0.3 is 67.7 Å². The van der Waals surface area contributed by atoms with Crippen LogP contribution in [0, 0.1) is 67.0 Å². The molecule has 4 aliphatic heterocycles. The number of Topliss-reactive ketones (excluding diaryl/α,β-unsaturated/α-hetero) is 2. The van der Waals surface area contributed by atoms with Gasteiger partial charge in [-0.25, -0.2) is 0 Å². The lowest BCUT2D eigenvalue weighted by atomic mass is 9.73. The predicted octanol–water partition coefficient (Wildman–Crippen LogP) is 9.60. The van der Waals surface area contributed by atoms with E-state index in [1.54, 1.807) is 9.80 Å². The Morgan fingerprint density at radius 1 is 0.456 bits per heavy atom. The zero-order valence-corrected chi connectivity index (χ0v) is 73.1. The number of hydrogen-bond donors (Lipinski definition) is 9. The molecule has 8 saturated carbocycles. The van der Waals surface area contributed by atoms with Gasteiger partial charge >= 0.3 is 5.97 Å². The molecule has 114 heavy (non-hydrogen) atoms. The van der Waals surface area contributed by atoms with Crippen molar-refractivity contribution in [3.63, 3.8) is 0 Å². The number of carboxylic acids is 1. The summed E-state index contributed by atoms with van der Waals surface area (Å²) in [5.41, 5.74) is 4.62. The molecule has 25 nitrogen and oxygen atoms in total. The summed E-state index contributed by atoms with van der Waals surface area (Å²) in [5, 5.41) is 29.6. The minimum absolute atomic E-state index is 0. The van der Waals surface area contributed by atoms with E-state index in [4.69, 9.17) is 10.8 Å². The van der Waals surface area contributed by atoms with Crippen LogP contribution in [0.4, 0.5) is 0 Å². The number of amides is 9. The second-order valence-corrected chi connectivity index (χ2v) is 40.7. The molecule has 0 radical (unpaired) electrons. The average molecular weight is 1620 g/mol. The monoisotopic (exact) mass is 1620 g/mol. The summed E-state index contributed by atoms with van der Waals surface area (Å²) in [4.78, 5) is 171. The van der Waals surface area contributed by atoms with Gasteiger partial charge in [0.1, 0.15) is 30.2 Å². The van der Waals surface area contributed by atoms with Gasteiger partial charge in [-0.3, -0.25) is 57.5 Å². The molecule has 0 bridgehead atoms. The third-order valence-corrected chi connectivity index (χ3v) is 30.5. The first kappa shape index (κ1) is 92.1. The van der Waals surface area contributed by atoms with Crippen LogP contribution in [0.25, 0.3) is 0 Å². The van der Waals surface area contributed by atoms with Gasteiger partial charge in [0.25, 0.3) is 11.8 Å². The summed E-state index contributed by atoms with van der Waals surface area (Å²) in [5.74, 6) is -5.72. The van der Waals surface area contributed by atoms with Crippen molar-refractivity contribution in [2.45, 2.75) is 376 Å². The number of ketones is 2. The molecular weight excluding hydrogens is 1470 g/mol. The zero-order valence-electron chi connectivity index (χ0n) is 72.3. The Morgan fingerprint density at radius 3 is 1.18 bits per heavy atom. The first-order valence-corrected chi connectivity index (χ1v) is 44.4. The van der Waals surface area contributed by atoms with Crippen LogP contribution >= 0.6 is 12.4 Å². The van der Waals surface area contributed by atoms with Crippen molar-refractivity contribution in [2.24, 2.45) is 72.7 Å². The topological polar surface area (TPSA) is 348 Å². The van der Waals surface area contributed by atoms with Gasteiger partial charge in [-0.05, 0) is 214 Å². The van der Waals surface area contributed by atoms with Gasteiger partial charge in [-0.15, -0.1) is 12.4 Å². The van der Waals surface area contributed by atoms with Crippen LogP contribution in [0.1, 0.15) is 303 Å². The lowest BCUT2D eigenvalue weighted by Gasteiger charge is -2.39. The van der Waals surface area contributed by atoms with Crippen molar-refractivity contribution in [2.75, 3.05) is 39.3 Å². The first-order chi connectivity index (χ1) is 53.1. The fourth-order valence-corrected chi connectivity index (χ4v) is 22.4. The largest absolute Gasteiger partial charge is 0.481 e. The van der Waals surface area contributed by atoms with Gasteiger partial charge in [0.05, 0.1) is 30.0 Å². The number of carbonyl (C=O) groups excluding carboxylic acids is 11. The van der Waals surface area contributed by atoms with Crippen LogP contribution < -0.4 is 43.0 Å². The highest BCUT2D eigenvalue weighted by atomic mass is 35.5. The number of piperidine rings is 2. The molecule has 10 N–H and O–H groups in total. The number of hydrogen-bond acceptors (Lipinski definition) is 15. The maximum atomic E-state index is 15.1. The van der Waals surface area contributed by atoms with E-state index in [-0.39, 0.29) is 110 Å². The van der Waals surface area contributed by atoms with Crippen LogP contribution in [0.2, 0.25) is 0 Å². The summed E-state index contributed by atoms with van der Waals surface area (Å²) in [6, 6.07) is -6.02. The van der Waals surface area contributed by atoms with Crippen molar-refractivity contribution >= 4 is 83.1 Å². The first-order valence-electron chi connectivity index (χ1n) is 44.4. The summed E-state index contributed by atoms with van der Waals surface area (Å²) >= 11 is 0. The molecule has 0 aromatic rings. The van der Waals surface area contributed by atoms with Crippen LogP contribution in [-0.2, 0) is 57.5 Å². The normalized spacial score (nSPS) is 28.4. The third-order valence-electron chi connectivity index (χ3n) is 30.5. The van der Waals surface area contributed by atoms with Crippen molar-refractivity contribution in [3.05, 3.63) is 0 Å². The number of carbonyl (C=O) groups is 12. The Hall–Kier alpha value is -5.79. The number of nitrogens with two attached hydrogens (primary N) is 1. The Bertz CT molecular complexity index is 3490. The van der Waals surface area contributed by atoms with Crippen molar-refractivity contribution in [1.29, 1.82) is 0 Å². The van der Waals surface area contributed by atoms with Crippen molar-refractivity contribution in [1.82, 2.24) is 56.8 Å². The molecule has 644 valence electrons. The smallest absolute Gasteiger partial charge is 0.307 e. The van der Waals surface area contributed by atoms with E-state index < -0.39 is 100 Å². The SMILES string of the molecule is CC(C)N1CCC[C@@H](C(=O)O)C1.CCC[C@H](NC(=O)[C@@H]1C[C@@]2(CN1C(=O)[C@@H](NC(=O)[C@@H](N)C1CCCCC1)C(C)(C)C)C(C)(C)C21CCC1)C(=O)C(=O)NC1CC1.CCC[C@H](NC(=O)[C@@H]1C[C@@]2(CN1C(=O)[C@@H](NC(=O)[C@@H](NC(=O)[C@@H]1CCCN(C(C)C)C1)C1CCCCC1)C(C)(C)C)C(C)(C)C21CCC1)C(=O)C(=O)NC1CC1.Cl. The molecule has 0 aromatic carbocycles. The van der Waals surface area contributed by atoms with E-state index in [9.17, 15) is 52.7 Å². The lowest BCUT2D eigenvalue weighted by Crippen LogP contribution is -2.62. The molecule has 9 amide bonds. The second-order valence-electron chi connectivity index (χ2n) is 40.7. The van der Waals surface area contributed by atoms with Crippen molar-refractivity contribution in [3.8, 4) is 0 Å². The maximum Gasteiger partial charge on any atom is 0.307 e. The second kappa shape index (κ2) is 36.8. The summed E-state index contributed by atoms with van der Waals surface area (Å²) in [6.45, 7) is 37.2. The van der Waals surface area contributed by atoms with Crippen LogP contribution in [0.5, 0.6) is 0 Å². The standard InChI is InChI=1S/C44H72N6O6.C35H57N5O5.C9H17NO2.ClH/c1-9-15-31(34(51)39(55)45-30-19-20-30)46-37(53)32-24-44(42(7,8)43(44)21-14-22-43)26-50(32)40(56)35(41(4,5)6)48-38(54)33(28-16-11-10-12-17-28)47-36(52)29-18-13-23-49(25-29)27(2)3;1-7-12-23(26(41)30(44)37-22-15-16-22)38-28(42)24-19-35(33(5,6)34(35)17-11-18-34)20-40(24)31(45)27(32(2,3)4)39-29(43)25(36)21-13-9-8-10-14-21;1-7(2)10-5-3-4-8(6-10)9(11)12;/h27-33,35H,9-26H2,1-8H3,(H,45,55)(H,46,53)(H,47,52)(H,48,54);21-25,27H,7-20,36H2,1-6H3,(H,37,44)(H,38,42)(H,39,43);7-8H,3-6H2,1-2H3,(H,11,12);1H/t29-,31+,32+,33+,35-,44-;23-,24-,25-,27+,35+;8-;/m101./s1. The number of nitrogens with zero attached hydrogens (tertiary/aromatic N) is 4. The number of aliphatic carboxylic acids is 1. The van der Waals surface area contributed by atoms with Crippen molar-refractivity contribution < 1.29 is 62.6 Å². The van der Waals surface area contributed by atoms with Crippen LogP contribution in [0.3, 0.4) is 0 Å². The molecule has 26 heteroatoms. The van der Waals surface area contributed by atoms with E-state index in [0.29, 0.717) is 70.2 Å². The quantitative estimate of drug-likeness (QED) is 0.0346. The fraction of sp³-hybridized carbons (Fsp3) is 0.864. The van der Waals surface area contributed by atoms with E-state index in [1.165, 1.54) is 0 Å². The van der Waals surface area contributed by atoms with E-state index >= 15 is 4.79 Å². The Morgan fingerprint density at radius 2 is 0.833 bits per heavy atom. The predicted molar refractivity (Wildman–Crippen MR) is 441 cm³/mol. The molecule has 12 atom stereocenters. The third kappa shape index (κ3) is 19.1. The maximum absolute atomic E-state index is 15.1. The molecule has 0 aromatic heterocycles. The average Bonchev–Trinajstić information content (AvgIpc) is 1.46. The molecule has 4 spiro atoms. The Labute approximate surface area is 687 Å². The van der Waals surface area contributed by atoms with Gasteiger partial charge in [-0.2, -0.15) is 0 Å². The van der Waals surface area contributed by atoms with Gasteiger partial charge in [0.2, 0.25) is 52.9 Å². The summed E-state index contributed by atoms with van der Waals surface area (Å²) < 4.78 is 0. The lowest BCUT2D eigenvalue weighted by molar-refractivity contribution is -0.145. The number of rotatable bonds is 27. The van der Waals surface area contributed by atoms with E-state index in [2.05, 4.69) is 102 Å². The highest BCUT2D eigenvalue weighted by Gasteiger charge is 2.86. The highest BCUT2D eigenvalue weighted by Crippen LogP contribution is 2.89.